The summed E-state index contributed by atoms with van der Waals surface area (Å²) in [6.45, 7) is 0. The van der Waals surface area contributed by atoms with Crippen LogP contribution in [-0.2, 0) is 0 Å². The summed E-state index contributed by atoms with van der Waals surface area (Å²) >= 11 is 3.73. The SMILES string of the molecule is c1ccc(-c2ccc3c(c2)oc2ccc(N(c4ccc5c(c4)sc4ccccc45)c4ccc(-c5ccccc5)c5sc6ccccc6c45)cc23)cc1. The summed E-state index contributed by atoms with van der Waals surface area (Å²) in [7, 11) is 0. The van der Waals surface area contributed by atoms with E-state index in [4.69, 9.17) is 4.42 Å². The van der Waals surface area contributed by atoms with Crippen molar-refractivity contribution in [2.75, 3.05) is 4.90 Å². The van der Waals surface area contributed by atoms with Gasteiger partial charge in [-0.15, -0.1) is 22.7 Å². The highest BCUT2D eigenvalue weighted by Crippen LogP contribution is 2.49. The molecular weight excluding hydrogens is 671 g/mol. The normalized spacial score (nSPS) is 11.8. The second-order valence-electron chi connectivity index (χ2n) is 13.3. The van der Waals surface area contributed by atoms with Gasteiger partial charge in [0.05, 0.1) is 5.69 Å². The number of fused-ring (bicyclic) bond motifs is 9. The van der Waals surface area contributed by atoms with E-state index in [9.17, 15) is 0 Å². The Morgan fingerprint density at radius 2 is 1.04 bits per heavy atom. The maximum Gasteiger partial charge on any atom is 0.136 e. The minimum atomic E-state index is 0.884. The van der Waals surface area contributed by atoms with Crippen molar-refractivity contribution >= 4 is 102 Å². The third-order valence-corrected chi connectivity index (χ3v) is 12.6. The molecule has 0 bridgehead atoms. The van der Waals surface area contributed by atoms with Crippen LogP contribution in [0.25, 0.3) is 84.5 Å². The zero-order chi connectivity index (χ0) is 34.2. The maximum absolute atomic E-state index is 6.52. The highest BCUT2D eigenvalue weighted by molar-refractivity contribution is 7.26. The monoisotopic (exact) mass is 699 g/mol. The largest absolute Gasteiger partial charge is 0.456 e. The molecule has 8 aromatic carbocycles. The van der Waals surface area contributed by atoms with E-state index in [-0.39, 0.29) is 0 Å². The highest BCUT2D eigenvalue weighted by atomic mass is 32.1. The third-order valence-electron chi connectivity index (χ3n) is 10.3. The van der Waals surface area contributed by atoms with Crippen LogP contribution in [0, 0.1) is 0 Å². The molecule has 0 fully saturated rings. The molecule has 3 aromatic heterocycles. The van der Waals surface area contributed by atoms with E-state index in [0.29, 0.717) is 0 Å². The van der Waals surface area contributed by atoms with Gasteiger partial charge < -0.3 is 9.32 Å². The molecule has 0 amide bonds. The van der Waals surface area contributed by atoms with Crippen molar-refractivity contribution in [2.45, 2.75) is 0 Å². The molecule has 4 heteroatoms. The quantitative estimate of drug-likeness (QED) is 0.178. The van der Waals surface area contributed by atoms with Gasteiger partial charge in [-0.3, -0.25) is 0 Å². The van der Waals surface area contributed by atoms with Gasteiger partial charge in [0.25, 0.3) is 0 Å². The Hall–Kier alpha value is -6.20. The number of thiophene rings is 2. The summed E-state index contributed by atoms with van der Waals surface area (Å²) in [6.07, 6.45) is 0. The molecule has 11 aromatic rings. The molecule has 0 saturated heterocycles. The summed E-state index contributed by atoms with van der Waals surface area (Å²) < 4.78 is 11.7. The van der Waals surface area contributed by atoms with Crippen LogP contribution >= 0.6 is 22.7 Å². The van der Waals surface area contributed by atoms with Gasteiger partial charge in [0.1, 0.15) is 11.2 Å². The minimum Gasteiger partial charge on any atom is -0.456 e. The molecule has 0 radical (unpaired) electrons. The molecule has 3 heterocycles. The Morgan fingerprint density at radius 3 is 1.87 bits per heavy atom. The zero-order valence-electron chi connectivity index (χ0n) is 27.9. The number of benzene rings is 8. The third kappa shape index (κ3) is 4.62. The minimum absolute atomic E-state index is 0.884. The Labute approximate surface area is 308 Å². The lowest BCUT2D eigenvalue weighted by molar-refractivity contribution is 0.669. The fraction of sp³-hybridized carbons (Fsp3) is 0. The van der Waals surface area contributed by atoms with Gasteiger partial charge >= 0.3 is 0 Å². The smallest absolute Gasteiger partial charge is 0.136 e. The standard InChI is InChI=1S/C48H29NOS2/c1-3-11-30(12-4-1)32-19-22-36-40-28-33(21-26-42(40)50-43(36)27-32)49(34-20-23-38-37-15-7-9-17-44(37)51-46(38)29-34)41-25-24-35(31-13-5-2-6-14-31)48-47(41)39-16-8-10-18-45(39)52-48/h1-29H. The van der Waals surface area contributed by atoms with E-state index in [1.807, 2.05) is 22.7 Å². The molecule has 0 aliphatic carbocycles. The molecule has 0 atom stereocenters. The zero-order valence-corrected chi connectivity index (χ0v) is 29.5. The van der Waals surface area contributed by atoms with Gasteiger partial charge in [-0.05, 0) is 82.9 Å². The lowest BCUT2D eigenvalue weighted by Gasteiger charge is -2.27. The van der Waals surface area contributed by atoms with Crippen molar-refractivity contribution in [3.63, 3.8) is 0 Å². The average molecular weight is 700 g/mol. The highest BCUT2D eigenvalue weighted by Gasteiger charge is 2.23. The average Bonchev–Trinajstić information content (AvgIpc) is 3.89. The molecule has 0 aliphatic rings. The number of furan rings is 1. The summed E-state index contributed by atoms with van der Waals surface area (Å²) in [4.78, 5) is 2.46. The topological polar surface area (TPSA) is 16.4 Å². The van der Waals surface area contributed by atoms with Gasteiger partial charge in [0.15, 0.2) is 0 Å². The molecule has 0 spiro atoms. The van der Waals surface area contributed by atoms with Gasteiger partial charge in [0, 0.05) is 62.5 Å². The number of hydrogen-bond donors (Lipinski definition) is 0. The molecule has 244 valence electrons. The number of anilines is 3. The molecule has 0 aliphatic heterocycles. The predicted octanol–water partition coefficient (Wildman–Crippen LogP) is 15.1. The molecule has 11 rings (SSSR count). The summed E-state index contributed by atoms with van der Waals surface area (Å²) in [6, 6.07) is 63.7. The first-order chi connectivity index (χ1) is 25.8. The fourth-order valence-electron chi connectivity index (χ4n) is 7.84. The van der Waals surface area contributed by atoms with Crippen LogP contribution in [0.15, 0.2) is 180 Å². The Balaban J connectivity index is 1.17. The predicted molar refractivity (Wildman–Crippen MR) is 225 cm³/mol. The molecule has 52 heavy (non-hydrogen) atoms. The van der Waals surface area contributed by atoms with E-state index in [2.05, 4.69) is 181 Å². The summed E-state index contributed by atoms with van der Waals surface area (Å²) in [5.74, 6) is 0. The fourth-order valence-corrected chi connectivity index (χ4v) is 10.2. The first-order valence-corrected chi connectivity index (χ1v) is 19.1. The number of hydrogen-bond acceptors (Lipinski definition) is 4. The molecule has 0 unspecified atom stereocenters. The van der Waals surface area contributed by atoms with E-state index < -0.39 is 0 Å². The van der Waals surface area contributed by atoms with Crippen LogP contribution in [0.5, 0.6) is 0 Å². The lowest BCUT2D eigenvalue weighted by Crippen LogP contribution is -2.10. The molecule has 2 nitrogen and oxygen atoms in total. The summed E-state index contributed by atoms with van der Waals surface area (Å²) in [5.41, 5.74) is 9.96. The van der Waals surface area contributed by atoms with Crippen molar-refractivity contribution in [1.82, 2.24) is 0 Å². The van der Waals surface area contributed by atoms with Gasteiger partial charge in [-0.1, -0.05) is 115 Å². The van der Waals surface area contributed by atoms with Crippen molar-refractivity contribution < 1.29 is 4.42 Å². The van der Waals surface area contributed by atoms with E-state index in [1.54, 1.807) is 0 Å². The maximum atomic E-state index is 6.52. The second-order valence-corrected chi connectivity index (χ2v) is 15.4. The Bertz CT molecular complexity index is 3130. The van der Waals surface area contributed by atoms with Crippen LogP contribution < -0.4 is 4.90 Å². The van der Waals surface area contributed by atoms with Crippen LogP contribution in [0.4, 0.5) is 17.1 Å². The van der Waals surface area contributed by atoms with Gasteiger partial charge in [-0.25, -0.2) is 0 Å². The van der Waals surface area contributed by atoms with Crippen molar-refractivity contribution in [3.05, 3.63) is 176 Å². The van der Waals surface area contributed by atoms with Crippen LogP contribution in [0.2, 0.25) is 0 Å². The first kappa shape index (κ1) is 29.5. The van der Waals surface area contributed by atoms with Gasteiger partial charge in [-0.2, -0.15) is 0 Å². The van der Waals surface area contributed by atoms with Crippen molar-refractivity contribution in [3.8, 4) is 22.3 Å². The van der Waals surface area contributed by atoms with Crippen molar-refractivity contribution in [1.29, 1.82) is 0 Å². The Kier molecular flexibility index (Phi) is 6.63. The molecule has 0 saturated carbocycles. The van der Waals surface area contributed by atoms with Crippen LogP contribution in [0.1, 0.15) is 0 Å². The summed E-state index contributed by atoms with van der Waals surface area (Å²) in [5, 5.41) is 7.35. The van der Waals surface area contributed by atoms with E-state index in [1.165, 1.54) is 57.0 Å². The molecule has 0 N–H and O–H groups in total. The van der Waals surface area contributed by atoms with E-state index >= 15 is 0 Å². The molecular formula is C48H29NOS2. The van der Waals surface area contributed by atoms with E-state index in [0.717, 1.165) is 44.6 Å². The van der Waals surface area contributed by atoms with Crippen LogP contribution in [0.3, 0.4) is 0 Å². The lowest BCUT2D eigenvalue weighted by atomic mass is 10.00. The number of nitrogens with zero attached hydrogens (tertiary/aromatic N) is 1. The first-order valence-electron chi connectivity index (χ1n) is 17.5. The van der Waals surface area contributed by atoms with Crippen LogP contribution in [-0.4, -0.2) is 0 Å². The van der Waals surface area contributed by atoms with Crippen molar-refractivity contribution in [2.24, 2.45) is 0 Å². The van der Waals surface area contributed by atoms with Gasteiger partial charge in [0.2, 0.25) is 0 Å². The number of rotatable bonds is 5. The Morgan fingerprint density at radius 1 is 0.385 bits per heavy atom. The second kappa shape index (κ2) is 11.7.